The molecule has 19 heavy (non-hydrogen) atoms. The highest BCUT2D eigenvalue weighted by Gasteiger charge is 2.27. The van der Waals surface area contributed by atoms with Crippen LogP contribution in [0.1, 0.15) is 19.2 Å². The van der Waals surface area contributed by atoms with E-state index >= 15 is 0 Å². The van der Waals surface area contributed by atoms with Crippen LogP contribution in [-0.2, 0) is 17.7 Å². The molecule has 1 unspecified atom stereocenters. The van der Waals surface area contributed by atoms with Gasteiger partial charge in [-0.15, -0.1) is 0 Å². The summed E-state index contributed by atoms with van der Waals surface area (Å²) in [7, 11) is 1.70. The Morgan fingerprint density at radius 2 is 2.21 bits per heavy atom. The lowest BCUT2D eigenvalue weighted by atomic mass is 10.2. The number of nitrogens with one attached hydrogen (secondary N) is 1. The van der Waals surface area contributed by atoms with Gasteiger partial charge in [-0.1, -0.05) is 6.92 Å². The Labute approximate surface area is 111 Å². The third kappa shape index (κ3) is 6.07. The van der Waals surface area contributed by atoms with E-state index in [0.29, 0.717) is 6.42 Å². The Morgan fingerprint density at radius 3 is 2.79 bits per heavy atom. The Hall–Kier alpha value is -1.08. The van der Waals surface area contributed by atoms with Crippen molar-refractivity contribution in [2.24, 2.45) is 0 Å². The van der Waals surface area contributed by atoms with Crippen LogP contribution >= 0.6 is 0 Å². The van der Waals surface area contributed by atoms with E-state index in [-0.39, 0.29) is 12.6 Å². The van der Waals surface area contributed by atoms with Gasteiger partial charge in [-0.3, -0.25) is 0 Å². The standard InChI is InChI=1S/C12H20F3N3O/c1-3-5-18-6-4-17-11(18)7-10(16-2)8-19-9-12(13,14)15/h4,6,10,16H,3,5,7-9H2,1-2H3. The van der Waals surface area contributed by atoms with Crippen molar-refractivity contribution < 1.29 is 17.9 Å². The van der Waals surface area contributed by atoms with Crippen LogP contribution in [0, 0.1) is 0 Å². The minimum Gasteiger partial charge on any atom is -0.370 e. The first kappa shape index (κ1) is 16.0. The molecule has 0 aliphatic heterocycles. The number of halogens is 3. The summed E-state index contributed by atoms with van der Waals surface area (Å²) in [6, 6.07) is -0.180. The fraction of sp³-hybridized carbons (Fsp3) is 0.750. The van der Waals surface area contributed by atoms with Gasteiger partial charge < -0.3 is 14.6 Å². The lowest BCUT2D eigenvalue weighted by Gasteiger charge is -2.17. The summed E-state index contributed by atoms with van der Waals surface area (Å²) in [5.41, 5.74) is 0. The molecule has 0 amide bonds. The number of nitrogens with zero attached hydrogens (tertiary/aromatic N) is 2. The zero-order valence-electron chi connectivity index (χ0n) is 11.2. The van der Waals surface area contributed by atoms with Crippen LogP contribution in [0.5, 0.6) is 0 Å². The monoisotopic (exact) mass is 279 g/mol. The largest absolute Gasteiger partial charge is 0.411 e. The molecule has 1 aromatic heterocycles. The molecular formula is C12H20F3N3O. The zero-order valence-corrected chi connectivity index (χ0v) is 11.2. The Morgan fingerprint density at radius 1 is 1.47 bits per heavy atom. The van der Waals surface area contributed by atoms with Crippen molar-refractivity contribution in [1.82, 2.24) is 14.9 Å². The number of ether oxygens (including phenoxy) is 1. The predicted molar refractivity (Wildman–Crippen MR) is 65.9 cm³/mol. The second-order valence-electron chi connectivity index (χ2n) is 4.36. The van der Waals surface area contributed by atoms with Gasteiger partial charge in [-0.25, -0.2) is 4.98 Å². The molecule has 7 heteroatoms. The maximum absolute atomic E-state index is 12.0. The average Bonchev–Trinajstić information content (AvgIpc) is 2.74. The minimum absolute atomic E-state index is 0.00892. The smallest absolute Gasteiger partial charge is 0.370 e. The van der Waals surface area contributed by atoms with E-state index in [2.05, 4.69) is 22.0 Å². The fourth-order valence-electron chi connectivity index (χ4n) is 1.76. The lowest BCUT2D eigenvalue weighted by molar-refractivity contribution is -0.175. The topological polar surface area (TPSA) is 39.1 Å². The van der Waals surface area contributed by atoms with E-state index in [9.17, 15) is 13.2 Å². The maximum Gasteiger partial charge on any atom is 0.411 e. The normalized spacial score (nSPS) is 13.7. The maximum atomic E-state index is 12.0. The molecule has 0 saturated carbocycles. The van der Waals surface area contributed by atoms with Gasteiger partial charge in [-0.05, 0) is 13.5 Å². The highest BCUT2D eigenvalue weighted by molar-refractivity contribution is 4.95. The Balaban J connectivity index is 2.45. The van der Waals surface area contributed by atoms with Gasteiger partial charge in [0.25, 0.3) is 0 Å². The molecule has 1 N–H and O–H groups in total. The second-order valence-corrected chi connectivity index (χ2v) is 4.36. The number of rotatable bonds is 8. The van der Waals surface area contributed by atoms with Gasteiger partial charge in [-0.2, -0.15) is 13.2 Å². The Kier molecular flexibility index (Phi) is 6.30. The van der Waals surface area contributed by atoms with E-state index < -0.39 is 12.8 Å². The van der Waals surface area contributed by atoms with Crippen molar-refractivity contribution in [3.05, 3.63) is 18.2 Å². The van der Waals surface area contributed by atoms with Crippen LogP contribution in [0.25, 0.3) is 0 Å². The third-order valence-corrected chi connectivity index (χ3v) is 2.69. The molecule has 0 radical (unpaired) electrons. The van der Waals surface area contributed by atoms with Gasteiger partial charge >= 0.3 is 6.18 Å². The highest BCUT2D eigenvalue weighted by Crippen LogP contribution is 2.14. The predicted octanol–water partition coefficient (Wildman–Crippen LogP) is 2.00. The van der Waals surface area contributed by atoms with E-state index in [0.717, 1.165) is 18.8 Å². The Bertz CT molecular complexity index is 365. The number of aryl methyl sites for hydroxylation is 1. The van der Waals surface area contributed by atoms with Crippen LogP contribution in [0.4, 0.5) is 13.2 Å². The molecule has 0 saturated heterocycles. The quantitative estimate of drug-likeness (QED) is 0.791. The molecule has 1 rings (SSSR count). The van der Waals surface area contributed by atoms with Crippen LogP contribution in [-0.4, -0.2) is 42.0 Å². The molecule has 1 aromatic rings. The van der Waals surface area contributed by atoms with E-state index in [4.69, 9.17) is 0 Å². The number of likely N-dealkylation sites (N-methyl/N-ethyl adjacent to an activating group) is 1. The van der Waals surface area contributed by atoms with Gasteiger partial charge in [0, 0.05) is 31.4 Å². The molecule has 0 aliphatic carbocycles. The summed E-state index contributed by atoms with van der Waals surface area (Å²) in [6.07, 6.45) is 0.828. The van der Waals surface area contributed by atoms with Crippen molar-refractivity contribution >= 4 is 0 Å². The molecule has 110 valence electrons. The fourth-order valence-corrected chi connectivity index (χ4v) is 1.76. The summed E-state index contributed by atoms with van der Waals surface area (Å²) in [5.74, 6) is 0.858. The van der Waals surface area contributed by atoms with Crippen molar-refractivity contribution in [1.29, 1.82) is 0 Å². The molecule has 1 atom stereocenters. The molecule has 1 heterocycles. The SMILES string of the molecule is CCCn1ccnc1CC(COCC(F)(F)F)NC. The highest BCUT2D eigenvalue weighted by atomic mass is 19.4. The van der Waals surface area contributed by atoms with Crippen LogP contribution in [0.2, 0.25) is 0 Å². The molecule has 0 aromatic carbocycles. The zero-order chi connectivity index (χ0) is 14.3. The molecule has 0 fully saturated rings. The van der Waals surface area contributed by atoms with Crippen molar-refractivity contribution in [2.45, 2.75) is 38.5 Å². The summed E-state index contributed by atoms with van der Waals surface area (Å²) < 4.78 is 42.7. The van der Waals surface area contributed by atoms with Crippen molar-refractivity contribution in [3.63, 3.8) is 0 Å². The van der Waals surface area contributed by atoms with E-state index in [1.807, 2.05) is 10.8 Å². The molecular weight excluding hydrogens is 259 g/mol. The number of imidazole rings is 1. The summed E-state index contributed by atoms with van der Waals surface area (Å²) in [4.78, 5) is 4.22. The van der Waals surface area contributed by atoms with Crippen molar-refractivity contribution in [3.8, 4) is 0 Å². The average molecular weight is 279 g/mol. The van der Waals surface area contributed by atoms with Crippen LogP contribution in [0.15, 0.2) is 12.4 Å². The third-order valence-electron chi connectivity index (χ3n) is 2.69. The molecule has 0 spiro atoms. The van der Waals surface area contributed by atoms with Gasteiger partial charge in [0.05, 0.1) is 6.61 Å². The lowest BCUT2D eigenvalue weighted by Crippen LogP contribution is -2.35. The van der Waals surface area contributed by atoms with Crippen LogP contribution < -0.4 is 5.32 Å². The number of alkyl halides is 3. The second kappa shape index (κ2) is 7.49. The van der Waals surface area contributed by atoms with Gasteiger partial charge in [0.2, 0.25) is 0 Å². The molecule has 0 aliphatic rings. The first-order valence-corrected chi connectivity index (χ1v) is 6.28. The summed E-state index contributed by atoms with van der Waals surface area (Å²) >= 11 is 0. The first-order chi connectivity index (χ1) is 8.96. The molecule has 0 bridgehead atoms. The number of hydrogen-bond donors (Lipinski definition) is 1. The van der Waals surface area contributed by atoms with Gasteiger partial charge in [0.15, 0.2) is 0 Å². The van der Waals surface area contributed by atoms with E-state index in [1.54, 1.807) is 13.2 Å². The van der Waals surface area contributed by atoms with Crippen molar-refractivity contribution in [2.75, 3.05) is 20.3 Å². The first-order valence-electron chi connectivity index (χ1n) is 6.28. The summed E-state index contributed by atoms with van der Waals surface area (Å²) in [6.45, 7) is 1.71. The number of hydrogen-bond acceptors (Lipinski definition) is 3. The summed E-state index contributed by atoms with van der Waals surface area (Å²) in [5, 5.41) is 2.95. The number of aromatic nitrogens is 2. The van der Waals surface area contributed by atoms with Gasteiger partial charge in [0.1, 0.15) is 12.4 Å². The minimum atomic E-state index is -4.28. The van der Waals surface area contributed by atoms with Crippen LogP contribution in [0.3, 0.4) is 0 Å². The molecule has 4 nitrogen and oxygen atoms in total. The van der Waals surface area contributed by atoms with E-state index in [1.165, 1.54) is 0 Å².